The first-order valence-electron chi connectivity index (χ1n) is 7.09. The van der Waals surface area contributed by atoms with E-state index in [1.807, 2.05) is 12.1 Å². The summed E-state index contributed by atoms with van der Waals surface area (Å²) in [6, 6.07) is 14.1. The fourth-order valence-corrected chi connectivity index (χ4v) is 3.01. The lowest BCUT2D eigenvalue weighted by Crippen LogP contribution is -3.10. The van der Waals surface area contributed by atoms with Crippen molar-refractivity contribution >= 4 is 0 Å². The molecule has 1 N–H and O–H groups in total. The first-order chi connectivity index (χ1) is 10.0. The van der Waals surface area contributed by atoms with Gasteiger partial charge >= 0.3 is 6.18 Å². The van der Waals surface area contributed by atoms with E-state index in [1.54, 1.807) is 12.1 Å². The zero-order valence-corrected chi connectivity index (χ0v) is 11.6. The molecule has 2 aromatic rings. The van der Waals surface area contributed by atoms with E-state index in [2.05, 4.69) is 12.1 Å². The van der Waals surface area contributed by atoms with Crippen LogP contribution in [0.1, 0.15) is 22.3 Å². The number of nitrogens with one attached hydrogen (secondary N) is 1. The lowest BCUT2D eigenvalue weighted by atomic mass is 9.99. The van der Waals surface area contributed by atoms with Crippen LogP contribution in [-0.2, 0) is 25.7 Å². The second kappa shape index (κ2) is 5.53. The summed E-state index contributed by atoms with van der Waals surface area (Å²) in [5.74, 6) is 0. The summed E-state index contributed by atoms with van der Waals surface area (Å²) in [5, 5.41) is 0. The molecule has 0 amide bonds. The second-order valence-electron chi connectivity index (χ2n) is 5.53. The fraction of sp³-hybridized carbons (Fsp3) is 0.294. The van der Waals surface area contributed by atoms with Crippen LogP contribution in [0.4, 0.5) is 13.2 Å². The lowest BCUT2D eigenvalue weighted by Gasteiger charge is -2.26. The first-order valence-corrected chi connectivity index (χ1v) is 7.09. The molecule has 1 heterocycles. The Kier molecular flexibility index (Phi) is 3.72. The van der Waals surface area contributed by atoms with Crippen LogP contribution in [0.5, 0.6) is 0 Å². The molecule has 1 unspecified atom stereocenters. The van der Waals surface area contributed by atoms with Crippen molar-refractivity contribution in [1.82, 2.24) is 0 Å². The largest absolute Gasteiger partial charge is 0.416 e. The highest BCUT2D eigenvalue weighted by Gasteiger charge is 2.34. The van der Waals surface area contributed by atoms with Crippen LogP contribution in [0.25, 0.3) is 0 Å². The molecule has 21 heavy (non-hydrogen) atoms. The van der Waals surface area contributed by atoms with Gasteiger partial charge in [-0.05, 0) is 11.6 Å². The molecular formula is C17H17F3N+. The quantitative estimate of drug-likeness (QED) is 0.868. The maximum absolute atomic E-state index is 13.0. The van der Waals surface area contributed by atoms with Crippen LogP contribution >= 0.6 is 0 Å². The van der Waals surface area contributed by atoms with E-state index < -0.39 is 11.7 Å². The number of quaternary nitrogens is 1. The van der Waals surface area contributed by atoms with Gasteiger partial charge in [-0.1, -0.05) is 42.5 Å². The van der Waals surface area contributed by atoms with Gasteiger partial charge in [-0.2, -0.15) is 13.2 Å². The standard InChI is InChI=1S/C17H16F3N/c18-17(19,20)16-8-4-3-7-15(16)12-21-10-9-13-5-1-2-6-14(13)11-21/h1-8H,9-12H2/p+1. The number of fused-ring (bicyclic) bond motifs is 1. The molecule has 1 aliphatic rings. The van der Waals surface area contributed by atoms with Gasteiger partial charge in [-0.3, -0.25) is 0 Å². The van der Waals surface area contributed by atoms with Gasteiger partial charge in [0, 0.05) is 17.5 Å². The van der Waals surface area contributed by atoms with Crippen LogP contribution in [0, 0.1) is 0 Å². The minimum Gasteiger partial charge on any atom is -0.327 e. The SMILES string of the molecule is FC(F)(F)c1ccccc1C[NH+]1CCc2ccccc2C1. The Labute approximate surface area is 122 Å². The van der Waals surface area contributed by atoms with Crippen LogP contribution in [0.3, 0.4) is 0 Å². The molecule has 1 atom stereocenters. The number of rotatable bonds is 2. The molecule has 0 spiro atoms. The van der Waals surface area contributed by atoms with Crippen molar-refractivity contribution in [2.24, 2.45) is 0 Å². The summed E-state index contributed by atoms with van der Waals surface area (Å²) in [7, 11) is 0. The Morgan fingerprint density at radius 1 is 0.905 bits per heavy atom. The van der Waals surface area contributed by atoms with Gasteiger partial charge in [0.05, 0.1) is 12.1 Å². The number of alkyl halides is 3. The summed E-state index contributed by atoms with van der Waals surface area (Å²) in [6.45, 7) is 2.09. The smallest absolute Gasteiger partial charge is 0.327 e. The number of hydrogen-bond donors (Lipinski definition) is 1. The number of halogens is 3. The molecule has 1 nitrogen and oxygen atoms in total. The lowest BCUT2D eigenvalue weighted by molar-refractivity contribution is -0.929. The molecule has 0 saturated heterocycles. The molecular weight excluding hydrogens is 275 g/mol. The molecule has 0 bridgehead atoms. The monoisotopic (exact) mass is 292 g/mol. The van der Waals surface area contributed by atoms with Crippen LogP contribution in [0.2, 0.25) is 0 Å². The van der Waals surface area contributed by atoms with Gasteiger partial charge in [0.1, 0.15) is 13.1 Å². The summed E-state index contributed by atoms with van der Waals surface area (Å²) >= 11 is 0. The maximum Gasteiger partial charge on any atom is 0.416 e. The van der Waals surface area contributed by atoms with Gasteiger partial charge < -0.3 is 4.90 Å². The zero-order chi connectivity index (χ0) is 14.9. The van der Waals surface area contributed by atoms with Crippen LogP contribution in [-0.4, -0.2) is 6.54 Å². The van der Waals surface area contributed by atoms with E-state index >= 15 is 0 Å². The number of benzene rings is 2. The molecule has 110 valence electrons. The Hall–Kier alpha value is -1.81. The molecule has 0 saturated carbocycles. The zero-order valence-electron chi connectivity index (χ0n) is 11.6. The number of hydrogen-bond acceptors (Lipinski definition) is 0. The van der Waals surface area contributed by atoms with Gasteiger partial charge in [-0.15, -0.1) is 0 Å². The molecule has 4 heteroatoms. The highest BCUT2D eigenvalue weighted by molar-refractivity contribution is 5.30. The maximum atomic E-state index is 13.0. The van der Waals surface area contributed by atoms with Gasteiger partial charge in [-0.25, -0.2) is 0 Å². The molecule has 0 fully saturated rings. The molecule has 1 aliphatic heterocycles. The van der Waals surface area contributed by atoms with Gasteiger partial charge in [0.2, 0.25) is 0 Å². The van der Waals surface area contributed by atoms with E-state index in [9.17, 15) is 13.2 Å². The van der Waals surface area contributed by atoms with Crippen LogP contribution in [0.15, 0.2) is 48.5 Å². The average molecular weight is 292 g/mol. The van der Waals surface area contributed by atoms with Crippen molar-refractivity contribution in [3.63, 3.8) is 0 Å². The Morgan fingerprint density at radius 3 is 2.33 bits per heavy atom. The summed E-state index contributed by atoms with van der Waals surface area (Å²) in [6.07, 6.45) is -3.34. The predicted molar refractivity (Wildman–Crippen MR) is 74.8 cm³/mol. The molecule has 0 aliphatic carbocycles. The molecule has 2 aromatic carbocycles. The first kappa shape index (κ1) is 14.1. The van der Waals surface area contributed by atoms with E-state index in [0.29, 0.717) is 12.1 Å². The summed E-state index contributed by atoms with van der Waals surface area (Å²) in [4.78, 5) is 1.19. The predicted octanol–water partition coefficient (Wildman–Crippen LogP) is 2.85. The Morgan fingerprint density at radius 2 is 1.57 bits per heavy atom. The van der Waals surface area contributed by atoms with E-state index in [-0.39, 0.29) is 0 Å². The Bertz CT molecular complexity index is 634. The Balaban J connectivity index is 1.80. The third-order valence-corrected chi connectivity index (χ3v) is 4.07. The van der Waals surface area contributed by atoms with E-state index in [0.717, 1.165) is 19.5 Å². The minimum absolute atomic E-state index is 0.388. The molecule has 0 radical (unpaired) electrons. The topological polar surface area (TPSA) is 4.44 Å². The summed E-state index contributed by atoms with van der Waals surface area (Å²) < 4.78 is 39.1. The van der Waals surface area contributed by atoms with Crippen LogP contribution < -0.4 is 4.90 Å². The van der Waals surface area contributed by atoms with Crippen molar-refractivity contribution in [3.8, 4) is 0 Å². The normalized spacial score (nSPS) is 18.3. The summed E-state index contributed by atoms with van der Waals surface area (Å²) in [5.41, 5.74) is 2.46. The van der Waals surface area contributed by atoms with E-state index in [4.69, 9.17) is 0 Å². The minimum atomic E-state index is -4.27. The average Bonchev–Trinajstić information content (AvgIpc) is 2.46. The third-order valence-electron chi connectivity index (χ3n) is 4.07. The second-order valence-corrected chi connectivity index (χ2v) is 5.53. The van der Waals surface area contributed by atoms with Crippen molar-refractivity contribution in [1.29, 1.82) is 0 Å². The van der Waals surface area contributed by atoms with E-state index in [1.165, 1.54) is 28.2 Å². The fourth-order valence-electron chi connectivity index (χ4n) is 3.01. The van der Waals surface area contributed by atoms with Crippen molar-refractivity contribution in [3.05, 3.63) is 70.8 Å². The highest BCUT2D eigenvalue weighted by atomic mass is 19.4. The van der Waals surface area contributed by atoms with Crippen molar-refractivity contribution < 1.29 is 18.1 Å². The molecule has 3 rings (SSSR count). The van der Waals surface area contributed by atoms with Crippen molar-refractivity contribution in [2.45, 2.75) is 25.7 Å². The third kappa shape index (κ3) is 3.10. The highest BCUT2D eigenvalue weighted by Crippen LogP contribution is 2.31. The van der Waals surface area contributed by atoms with Gasteiger partial charge in [0.15, 0.2) is 0 Å². The van der Waals surface area contributed by atoms with Gasteiger partial charge in [0.25, 0.3) is 0 Å². The van der Waals surface area contributed by atoms with Crippen molar-refractivity contribution in [2.75, 3.05) is 6.54 Å². The molecule has 0 aromatic heterocycles.